The van der Waals surface area contributed by atoms with Gasteiger partial charge < -0.3 is 4.42 Å². The molecule has 0 unspecified atom stereocenters. The van der Waals surface area contributed by atoms with Crippen LogP contribution in [0.5, 0.6) is 0 Å². The number of fused-ring (bicyclic) bond motifs is 1. The number of hydrogen-bond donors (Lipinski definition) is 1. The van der Waals surface area contributed by atoms with Crippen LogP contribution in [0.4, 0.5) is 5.69 Å². The van der Waals surface area contributed by atoms with Gasteiger partial charge >= 0.3 is 0 Å². The molecule has 2 aromatic carbocycles. The minimum Gasteiger partial charge on any atom is -0.464 e. The predicted octanol–water partition coefficient (Wildman–Crippen LogP) is 4.64. The highest BCUT2D eigenvalue weighted by Gasteiger charge is 2.03. The van der Waals surface area contributed by atoms with Crippen molar-refractivity contribution in [2.45, 2.75) is 0 Å². The maximum atomic E-state index is 5.47. The fraction of sp³-hybridized carbons (Fsp3) is 0. The van der Waals surface area contributed by atoms with Gasteiger partial charge in [-0.05, 0) is 30.3 Å². The second kappa shape index (κ2) is 5.28. The van der Waals surface area contributed by atoms with Crippen LogP contribution >= 0.6 is 15.9 Å². The van der Waals surface area contributed by atoms with Crippen molar-refractivity contribution in [2.75, 3.05) is 5.43 Å². The van der Waals surface area contributed by atoms with Crippen molar-refractivity contribution in [1.82, 2.24) is 0 Å². The van der Waals surface area contributed by atoms with E-state index in [2.05, 4.69) is 26.5 Å². The molecule has 0 bridgehead atoms. The number of furan rings is 1. The van der Waals surface area contributed by atoms with Gasteiger partial charge in [0.25, 0.3) is 0 Å². The Labute approximate surface area is 119 Å². The van der Waals surface area contributed by atoms with Gasteiger partial charge in [0, 0.05) is 15.4 Å². The van der Waals surface area contributed by atoms with Gasteiger partial charge in [-0.3, -0.25) is 5.43 Å². The number of halogens is 1. The summed E-state index contributed by atoms with van der Waals surface area (Å²) in [5, 5.41) is 5.25. The second-order valence-electron chi connectivity index (χ2n) is 4.07. The van der Waals surface area contributed by atoms with E-state index in [4.69, 9.17) is 4.42 Å². The molecule has 1 aromatic heterocycles. The maximum Gasteiger partial charge on any atom is 0.134 e. The number of nitrogens with zero attached hydrogens (tertiary/aromatic N) is 1. The molecule has 3 aromatic rings. The van der Waals surface area contributed by atoms with E-state index in [0.29, 0.717) is 0 Å². The fourth-order valence-corrected chi connectivity index (χ4v) is 2.17. The number of rotatable bonds is 3. The summed E-state index contributed by atoms with van der Waals surface area (Å²) in [6.45, 7) is 0. The first-order valence-corrected chi connectivity index (χ1v) is 6.63. The van der Waals surface area contributed by atoms with Gasteiger partial charge in [-0.15, -0.1) is 0 Å². The minimum absolute atomic E-state index is 0.851. The largest absolute Gasteiger partial charge is 0.464 e. The lowest BCUT2D eigenvalue weighted by atomic mass is 10.2. The van der Waals surface area contributed by atoms with Crippen molar-refractivity contribution in [3.05, 3.63) is 64.8 Å². The SMILES string of the molecule is Brc1ccc2occ(/C=N/Nc3ccccc3)c2c1. The van der Waals surface area contributed by atoms with Gasteiger partial charge in [0.1, 0.15) is 11.8 Å². The van der Waals surface area contributed by atoms with Crippen LogP contribution < -0.4 is 5.43 Å². The Hall–Kier alpha value is -2.07. The topological polar surface area (TPSA) is 37.5 Å². The van der Waals surface area contributed by atoms with E-state index < -0.39 is 0 Å². The molecule has 0 radical (unpaired) electrons. The van der Waals surface area contributed by atoms with E-state index in [1.807, 2.05) is 48.5 Å². The number of para-hydroxylation sites is 1. The molecule has 0 aliphatic rings. The Bertz CT molecular complexity index is 719. The van der Waals surface area contributed by atoms with Crippen LogP contribution in [0.2, 0.25) is 0 Å². The molecule has 3 rings (SSSR count). The van der Waals surface area contributed by atoms with Crippen molar-refractivity contribution >= 4 is 38.8 Å². The predicted molar refractivity (Wildman–Crippen MR) is 81.6 cm³/mol. The first-order chi connectivity index (χ1) is 9.33. The molecule has 0 atom stereocenters. The summed E-state index contributed by atoms with van der Waals surface area (Å²) in [5.41, 5.74) is 5.73. The molecule has 94 valence electrons. The maximum absolute atomic E-state index is 5.47. The number of hydrogen-bond acceptors (Lipinski definition) is 3. The zero-order valence-electron chi connectivity index (χ0n) is 10.0. The molecule has 1 heterocycles. The minimum atomic E-state index is 0.851. The van der Waals surface area contributed by atoms with Crippen LogP contribution in [-0.2, 0) is 0 Å². The molecule has 0 aliphatic heterocycles. The van der Waals surface area contributed by atoms with Crippen LogP contribution in [-0.4, -0.2) is 6.21 Å². The number of anilines is 1. The summed E-state index contributed by atoms with van der Waals surface area (Å²) in [5.74, 6) is 0. The lowest BCUT2D eigenvalue weighted by Crippen LogP contribution is -1.89. The van der Waals surface area contributed by atoms with Gasteiger partial charge in [0.05, 0.1) is 11.9 Å². The third-order valence-electron chi connectivity index (χ3n) is 2.74. The van der Waals surface area contributed by atoms with Crippen LogP contribution in [0.25, 0.3) is 11.0 Å². The average Bonchev–Trinajstić information content (AvgIpc) is 2.83. The third-order valence-corrected chi connectivity index (χ3v) is 3.23. The Morgan fingerprint density at radius 3 is 2.79 bits per heavy atom. The van der Waals surface area contributed by atoms with Gasteiger partial charge in [-0.2, -0.15) is 5.10 Å². The average molecular weight is 315 g/mol. The van der Waals surface area contributed by atoms with E-state index in [1.54, 1.807) is 12.5 Å². The Morgan fingerprint density at radius 1 is 1.11 bits per heavy atom. The van der Waals surface area contributed by atoms with E-state index in [9.17, 15) is 0 Å². The fourth-order valence-electron chi connectivity index (χ4n) is 1.81. The lowest BCUT2D eigenvalue weighted by molar-refractivity contribution is 0.615. The molecule has 1 N–H and O–H groups in total. The first-order valence-electron chi connectivity index (χ1n) is 5.84. The Morgan fingerprint density at radius 2 is 1.95 bits per heavy atom. The number of hydrazone groups is 1. The van der Waals surface area contributed by atoms with Gasteiger partial charge in [0.2, 0.25) is 0 Å². The smallest absolute Gasteiger partial charge is 0.134 e. The zero-order chi connectivity index (χ0) is 13.1. The van der Waals surface area contributed by atoms with Gasteiger partial charge in [0.15, 0.2) is 0 Å². The summed E-state index contributed by atoms with van der Waals surface area (Å²) in [7, 11) is 0. The second-order valence-corrected chi connectivity index (χ2v) is 4.98. The van der Waals surface area contributed by atoms with Crippen molar-refractivity contribution in [1.29, 1.82) is 0 Å². The van der Waals surface area contributed by atoms with E-state index in [1.165, 1.54) is 0 Å². The molecule has 3 nitrogen and oxygen atoms in total. The third kappa shape index (κ3) is 2.69. The Balaban J connectivity index is 1.83. The van der Waals surface area contributed by atoms with Gasteiger partial charge in [-0.1, -0.05) is 34.1 Å². The number of nitrogens with one attached hydrogen (secondary N) is 1. The molecule has 0 saturated heterocycles. The molecule has 0 saturated carbocycles. The summed E-state index contributed by atoms with van der Waals surface area (Å²) in [4.78, 5) is 0. The highest BCUT2D eigenvalue weighted by Crippen LogP contribution is 2.23. The van der Waals surface area contributed by atoms with Crippen LogP contribution in [0, 0.1) is 0 Å². The highest BCUT2D eigenvalue weighted by atomic mass is 79.9. The Kier molecular flexibility index (Phi) is 3.33. The molecule has 4 heteroatoms. The molecule has 0 fully saturated rings. The molecule has 0 amide bonds. The van der Waals surface area contributed by atoms with Crippen molar-refractivity contribution < 1.29 is 4.42 Å². The van der Waals surface area contributed by atoms with Crippen LogP contribution in [0.15, 0.2) is 68.8 Å². The normalized spacial score (nSPS) is 11.2. The van der Waals surface area contributed by atoms with E-state index in [-0.39, 0.29) is 0 Å². The zero-order valence-corrected chi connectivity index (χ0v) is 11.6. The summed E-state index contributed by atoms with van der Waals surface area (Å²) in [6.07, 6.45) is 3.46. The lowest BCUT2D eigenvalue weighted by Gasteiger charge is -1.97. The molecule has 0 spiro atoms. The summed E-state index contributed by atoms with van der Waals surface area (Å²) < 4.78 is 6.49. The van der Waals surface area contributed by atoms with Crippen LogP contribution in [0.3, 0.4) is 0 Å². The van der Waals surface area contributed by atoms with Gasteiger partial charge in [-0.25, -0.2) is 0 Å². The molecule has 19 heavy (non-hydrogen) atoms. The summed E-state index contributed by atoms with van der Waals surface area (Å²) >= 11 is 3.45. The quantitative estimate of drug-likeness (QED) is 0.565. The van der Waals surface area contributed by atoms with Crippen molar-refractivity contribution in [3.8, 4) is 0 Å². The van der Waals surface area contributed by atoms with Crippen molar-refractivity contribution in [3.63, 3.8) is 0 Å². The molecular weight excluding hydrogens is 304 g/mol. The van der Waals surface area contributed by atoms with E-state index in [0.717, 1.165) is 26.7 Å². The number of benzene rings is 2. The highest BCUT2D eigenvalue weighted by molar-refractivity contribution is 9.10. The molecule has 0 aliphatic carbocycles. The van der Waals surface area contributed by atoms with Crippen LogP contribution in [0.1, 0.15) is 5.56 Å². The standard InChI is InChI=1S/C15H11BrN2O/c16-12-6-7-15-14(8-12)11(10-19-15)9-17-18-13-4-2-1-3-5-13/h1-10,18H/b17-9+. The van der Waals surface area contributed by atoms with Crippen molar-refractivity contribution in [2.24, 2.45) is 5.10 Å². The monoisotopic (exact) mass is 314 g/mol. The molecular formula is C15H11BrN2O. The first kappa shape index (κ1) is 12.0. The summed E-state index contributed by atoms with van der Waals surface area (Å²) in [6, 6.07) is 15.7. The van der Waals surface area contributed by atoms with E-state index >= 15 is 0 Å².